The van der Waals surface area contributed by atoms with E-state index in [1.165, 1.54) is 49.2 Å². The van der Waals surface area contributed by atoms with Crippen LogP contribution in [0.1, 0.15) is 43.7 Å². The number of hydrogen-bond acceptors (Lipinski definition) is 3. The fourth-order valence-corrected chi connectivity index (χ4v) is 4.03. The van der Waals surface area contributed by atoms with Crippen LogP contribution in [0.15, 0.2) is 24.3 Å². The molecule has 0 spiro atoms. The predicted molar refractivity (Wildman–Crippen MR) is 82.0 cm³/mol. The number of para-hydroxylation sites is 1. The van der Waals surface area contributed by atoms with Crippen molar-refractivity contribution in [2.24, 2.45) is 0 Å². The SMILES string of the molecule is c1ccc(C2CCCCN2)c(OC2CCSCC2)c1. The van der Waals surface area contributed by atoms with Gasteiger partial charge in [-0.2, -0.15) is 11.8 Å². The second-order valence-electron chi connectivity index (χ2n) is 5.47. The Morgan fingerprint density at radius 2 is 1.89 bits per heavy atom. The van der Waals surface area contributed by atoms with Crippen LogP contribution in [0.25, 0.3) is 0 Å². The molecule has 3 heteroatoms. The molecule has 3 rings (SSSR count). The summed E-state index contributed by atoms with van der Waals surface area (Å²) < 4.78 is 6.29. The van der Waals surface area contributed by atoms with E-state index in [2.05, 4.69) is 29.6 Å². The lowest BCUT2D eigenvalue weighted by Gasteiger charge is -2.28. The number of hydrogen-bond donors (Lipinski definition) is 1. The van der Waals surface area contributed by atoms with Crippen LogP contribution >= 0.6 is 11.8 Å². The van der Waals surface area contributed by atoms with Crippen LogP contribution < -0.4 is 10.1 Å². The minimum Gasteiger partial charge on any atom is -0.490 e. The van der Waals surface area contributed by atoms with E-state index >= 15 is 0 Å². The second-order valence-corrected chi connectivity index (χ2v) is 6.69. The second kappa shape index (κ2) is 6.67. The lowest BCUT2D eigenvalue weighted by Crippen LogP contribution is -2.28. The summed E-state index contributed by atoms with van der Waals surface area (Å²) in [5.41, 5.74) is 1.36. The molecule has 1 aromatic rings. The Hall–Kier alpha value is -0.670. The summed E-state index contributed by atoms with van der Waals surface area (Å²) in [5.74, 6) is 3.60. The van der Waals surface area contributed by atoms with E-state index in [4.69, 9.17) is 4.74 Å². The van der Waals surface area contributed by atoms with Crippen LogP contribution in [0.4, 0.5) is 0 Å². The van der Waals surface area contributed by atoms with E-state index in [0.717, 1.165) is 12.3 Å². The Balaban J connectivity index is 1.72. The van der Waals surface area contributed by atoms with Crippen molar-refractivity contribution in [3.8, 4) is 5.75 Å². The summed E-state index contributed by atoms with van der Waals surface area (Å²) in [6, 6.07) is 9.10. The van der Waals surface area contributed by atoms with Gasteiger partial charge in [0.25, 0.3) is 0 Å². The third-order valence-corrected chi connectivity index (χ3v) is 5.12. The molecule has 2 nitrogen and oxygen atoms in total. The Morgan fingerprint density at radius 3 is 2.68 bits per heavy atom. The van der Waals surface area contributed by atoms with Gasteiger partial charge in [0.15, 0.2) is 0 Å². The standard InChI is InChI=1S/C16H23NOS/c1-2-7-16(18-13-8-11-19-12-9-13)14(5-1)15-6-3-4-10-17-15/h1-2,5,7,13,15,17H,3-4,6,8-12H2. The number of thioether (sulfide) groups is 1. The van der Waals surface area contributed by atoms with Gasteiger partial charge < -0.3 is 10.1 Å². The maximum atomic E-state index is 6.29. The zero-order valence-corrected chi connectivity index (χ0v) is 12.3. The molecular weight excluding hydrogens is 254 g/mol. The molecule has 0 aromatic heterocycles. The third kappa shape index (κ3) is 3.46. The molecule has 2 aliphatic heterocycles. The lowest BCUT2D eigenvalue weighted by molar-refractivity contribution is 0.188. The largest absolute Gasteiger partial charge is 0.490 e. The van der Waals surface area contributed by atoms with Gasteiger partial charge >= 0.3 is 0 Å². The number of ether oxygens (including phenoxy) is 1. The first kappa shape index (κ1) is 13.3. The minimum atomic E-state index is 0.422. The van der Waals surface area contributed by atoms with Crippen molar-refractivity contribution < 1.29 is 4.74 Å². The van der Waals surface area contributed by atoms with Crippen LogP contribution in [0, 0.1) is 0 Å². The topological polar surface area (TPSA) is 21.3 Å². The molecule has 1 unspecified atom stereocenters. The quantitative estimate of drug-likeness (QED) is 0.908. The van der Waals surface area contributed by atoms with Gasteiger partial charge in [-0.05, 0) is 49.8 Å². The fraction of sp³-hybridized carbons (Fsp3) is 0.625. The molecule has 1 aromatic carbocycles. The van der Waals surface area contributed by atoms with Gasteiger partial charge in [-0.1, -0.05) is 24.6 Å². The Bertz CT molecular complexity index is 397. The molecule has 0 aliphatic carbocycles. The summed E-state index contributed by atoms with van der Waals surface area (Å²) >= 11 is 2.05. The van der Waals surface area contributed by atoms with Crippen LogP contribution in [0.3, 0.4) is 0 Å². The van der Waals surface area contributed by atoms with Crippen LogP contribution in [-0.2, 0) is 0 Å². The van der Waals surface area contributed by atoms with Gasteiger partial charge in [-0.3, -0.25) is 0 Å². The maximum absolute atomic E-state index is 6.29. The third-order valence-electron chi connectivity index (χ3n) is 4.07. The zero-order valence-electron chi connectivity index (χ0n) is 11.4. The highest BCUT2D eigenvalue weighted by Gasteiger charge is 2.21. The molecule has 104 valence electrons. The van der Waals surface area contributed by atoms with E-state index in [9.17, 15) is 0 Å². The van der Waals surface area contributed by atoms with Gasteiger partial charge in [-0.25, -0.2) is 0 Å². The van der Waals surface area contributed by atoms with Crippen molar-refractivity contribution in [2.75, 3.05) is 18.1 Å². The molecule has 0 amide bonds. The molecule has 2 saturated heterocycles. The molecule has 0 bridgehead atoms. The van der Waals surface area contributed by atoms with Crippen LogP contribution in [0.5, 0.6) is 5.75 Å². The molecule has 2 heterocycles. The first-order valence-corrected chi connectivity index (χ1v) is 8.65. The summed E-state index contributed by atoms with van der Waals surface area (Å²) in [5, 5.41) is 3.63. The Kier molecular flexibility index (Phi) is 4.67. The van der Waals surface area contributed by atoms with Crippen molar-refractivity contribution in [1.29, 1.82) is 0 Å². The van der Waals surface area contributed by atoms with Crippen molar-refractivity contribution >= 4 is 11.8 Å². The number of piperidine rings is 1. The van der Waals surface area contributed by atoms with Crippen LogP contribution in [0.2, 0.25) is 0 Å². The molecule has 2 aliphatic rings. The minimum absolute atomic E-state index is 0.422. The van der Waals surface area contributed by atoms with E-state index in [1.807, 2.05) is 11.8 Å². The maximum Gasteiger partial charge on any atom is 0.124 e. The molecule has 0 radical (unpaired) electrons. The van der Waals surface area contributed by atoms with Crippen LogP contribution in [-0.4, -0.2) is 24.2 Å². The van der Waals surface area contributed by atoms with Gasteiger partial charge in [-0.15, -0.1) is 0 Å². The number of benzene rings is 1. The highest BCUT2D eigenvalue weighted by Crippen LogP contribution is 2.32. The normalized spacial score (nSPS) is 25.2. The van der Waals surface area contributed by atoms with E-state index in [1.54, 1.807) is 0 Å². The fourth-order valence-electron chi connectivity index (χ4n) is 2.97. The summed E-state index contributed by atoms with van der Waals surface area (Å²) in [7, 11) is 0. The number of nitrogens with one attached hydrogen (secondary N) is 1. The predicted octanol–water partition coefficient (Wildman–Crippen LogP) is 3.78. The molecule has 0 saturated carbocycles. The van der Waals surface area contributed by atoms with E-state index in [-0.39, 0.29) is 0 Å². The Morgan fingerprint density at radius 1 is 1.05 bits per heavy atom. The summed E-state index contributed by atoms with van der Waals surface area (Å²) in [6.07, 6.45) is 6.67. The Labute approximate surface area is 120 Å². The molecule has 2 fully saturated rings. The lowest BCUT2D eigenvalue weighted by atomic mass is 9.97. The molecule has 1 N–H and O–H groups in total. The summed E-state index contributed by atoms with van der Waals surface area (Å²) in [6.45, 7) is 1.14. The van der Waals surface area contributed by atoms with Gasteiger partial charge in [0, 0.05) is 11.6 Å². The highest BCUT2D eigenvalue weighted by atomic mass is 32.2. The average molecular weight is 277 g/mol. The molecule has 1 atom stereocenters. The number of rotatable bonds is 3. The molecular formula is C16H23NOS. The monoisotopic (exact) mass is 277 g/mol. The highest BCUT2D eigenvalue weighted by molar-refractivity contribution is 7.99. The van der Waals surface area contributed by atoms with Crippen molar-refractivity contribution in [3.05, 3.63) is 29.8 Å². The first-order valence-electron chi connectivity index (χ1n) is 7.50. The first-order chi connectivity index (χ1) is 9.43. The van der Waals surface area contributed by atoms with E-state index < -0.39 is 0 Å². The zero-order chi connectivity index (χ0) is 12.9. The van der Waals surface area contributed by atoms with Gasteiger partial charge in [0.2, 0.25) is 0 Å². The van der Waals surface area contributed by atoms with Gasteiger partial charge in [0.1, 0.15) is 11.9 Å². The van der Waals surface area contributed by atoms with E-state index in [0.29, 0.717) is 12.1 Å². The van der Waals surface area contributed by atoms with Gasteiger partial charge in [0.05, 0.1) is 0 Å². The smallest absolute Gasteiger partial charge is 0.124 e. The van der Waals surface area contributed by atoms with Crippen molar-refractivity contribution in [2.45, 2.75) is 44.2 Å². The van der Waals surface area contributed by atoms with Crippen molar-refractivity contribution in [1.82, 2.24) is 5.32 Å². The molecule has 19 heavy (non-hydrogen) atoms. The van der Waals surface area contributed by atoms with Crippen molar-refractivity contribution in [3.63, 3.8) is 0 Å². The summed E-state index contributed by atoms with van der Waals surface area (Å²) in [4.78, 5) is 0. The average Bonchev–Trinajstić information content (AvgIpc) is 2.50.